The molecule has 0 radical (unpaired) electrons. The van der Waals surface area contributed by atoms with Gasteiger partial charge in [0.25, 0.3) is 0 Å². The van der Waals surface area contributed by atoms with Crippen molar-refractivity contribution in [2.24, 2.45) is 23.7 Å². The molecular weight excluding hydrogens is 356 g/mol. The van der Waals surface area contributed by atoms with Gasteiger partial charge in [-0.05, 0) is 49.5 Å². The summed E-state index contributed by atoms with van der Waals surface area (Å²) in [5.74, 6) is 1.53. The number of Topliss-reactive ketones (excluding diaryl/α,β-unsaturated/α-hetero) is 2. The van der Waals surface area contributed by atoms with Crippen molar-refractivity contribution in [2.75, 3.05) is 0 Å². The number of hydrogen-bond acceptors (Lipinski definition) is 2. The quantitative estimate of drug-likeness (QED) is 0.372. The molecule has 29 heavy (non-hydrogen) atoms. The van der Waals surface area contributed by atoms with Gasteiger partial charge in [-0.1, -0.05) is 82.9 Å². The van der Waals surface area contributed by atoms with Gasteiger partial charge in [-0.25, -0.2) is 0 Å². The first-order valence-corrected chi connectivity index (χ1v) is 12.4. The van der Waals surface area contributed by atoms with Gasteiger partial charge in [-0.2, -0.15) is 0 Å². The van der Waals surface area contributed by atoms with Crippen LogP contribution in [0.15, 0.2) is 18.2 Å². The number of ketones is 2. The van der Waals surface area contributed by atoms with Gasteiger partial charge in [-0.3, -0.25) is 9.59 Å². The van der Waals surface area contributed by atoms with Crippen LogP contribution in [0.1, 0.15) is 117 Å². The monoisotopic (exact) mass is 394 g/mol. The topological polar surface area (TPSA) is 34.1 Å². The van der Waals surface area contributed by atoms with E-state index in [2.05, 4.69) is 13.0 Å². The van der Waals surface area contributed by atoms with E-state index in [0.717, 1.165) is 48.8 Å². The first-order valence-electron chi connectivity index (χ1n) is 12.4. The molecule has 2 bridgehead atoms. The van der Waals surface area contributed by atoms with E-state index in [1.54, 1.807) is 0 Å². The van der Waals surface area contributed by atoms with E-state index in [9.17, 15) is 9.59 Å². The summed E-state index contributed by atoms with van der Waals surface area (Å²) in [6.45, 7) is 2.27. The lowest BCUT2D eigenvalue weighted by molar-refractivity contribution is 0.0660. The molecule has 0 heterocycles. The number of carbonyl (C=O) groups excluding carboxylic acids is 2. The van der Waals surface area contributed by atoms with E-state index >= 15 is 0 Å². The molecule has 1 aromatic carbocycles. The molecular formula is C27H38O2. The normalized spacial score (nSPS) is 27.3. The maximum atomic E-state index is 13.4. The third-order valence-corrected chi connectivity index (χ3v) is 7.98. The van der Waals surface area contributed by atoms with Gasteiger partial charge in [0.05, 0.1) is 0 Å². The zero-order valence-electron chi connectivity index (χ0n) is 18.3. The molecule has 0 amide bonds. The molecule has 0 aromatic heterocycles. The molecule has 4 rings (SSSR count). The van der Waals surface area contributed by atoms with Gasteiger partial charge in [0.15, 0.2) is 11.6 Å². The molecule has 158 valence electrons. The van der Waals surface area contributed by atoms with Crippen LogP contribution in [0.3, 0.4) is 0 Å². The molecule has 0 saturated heterocycles. The number of rotatable bonds is 11. The Hall–Kier alpha value is -1.44. The maximum absolute atomic E-state index is 13.4. The van der Waals surface area contributed by atoms with Gasteiger partial charge in [0.2, 0.25) is 0 Å². The van der Waals surface area contributed by atoms with Crippen LogP contribution in [0.5, 0.6) is 0 Å². The molecule has 2 fully saturated rings. The van der Waals surface area contributed by atoms with Gasteiger partial charge < -0.3 is 0 Å². The van der Waals surface area contributed by atoms with Crippen molar-refractivity contribution < 1.29 is 9.59 Å². The number of hydrogen-bond donors (Lipinski definition) is 0. The fourth-order valence-corrected chi connectivity index (χ4v) is 6.50. The third kappa shape index (κ3) is 4.23. The van der Waals surface area contributed by atoms with Gasteiger partial charge in [-0.15, -0.1) is 0 Å². The molecule has 0 spiro atoms. The first kappa shape index (κ1) is 20.8. The van der Waals surface area contributed by atoms with Crippen molar-refractivity contribution in [3.05, 3.63) is 34.9 Å². The highest BCUT2D eigenvalue weighted by molar-refractivity contribution is 6.17. The van der Waals surface area contributed by atoms with Crippen LogP contribution < -0.4 is 0 Å². The Morgan fingerprint density at radius 1 is 0.759 bits per heavy atom. The lowest BCUT2D eigenvalue weighted by atomic mass is 9.66. The smallest absolute Gasteiger partial charge is 0.167 e. The van der Waals surface area contributed by atoms with Crippen LogP contribution >= 0.6 is 0 Å². The predicted octanol–water partition coefficient (Wildman–Crippen LogP) is 7.19. The summed E-state index contributed by atoms with van der Waals surface area (Å²) in [5, 5.41) is 0. The van der Waals surface area contributed by atoms with Crippen LogP contribution in [0.2, 0.25) is 0 Å². The summed E-state index contributed by atoms with van der Waals surface area (Å²) in [4.78, 5) is 26.6. The highest BCUT2D eigenvalue weighted by atomic mass is 16.1. The average Bonchev–Trinajstić information content (AvgIpc) is 3.35. The van der Waals surface area contributed by atoms with Crippen molar-refractivity contribution in [2.45, 2.75) is 96.8 Å². The van der Waals surface area contributed by atoms with E-state index in [1.807, 2.05) is 12.1 Å². The fourth-order valence-electron chi connectivity index (χ4n) is 6.50. The van der Waals surface area contributed by atoms with Crippen molar-refractivity contribution >= 4 is 11.6 Å². The van der Waals surface area contributed by atoms with Crippen molar-refractivity contribution in [3.8, 4) is 0 Å². The van der Waals surface area contributed by atoms with Crippen LogP contribution in [0, 0.1) is 23.7 Å². The van der Waals surface area contributed by atoms with Crippen LogP contribution in [0.25, 0.3) is 0 Å². The number of carbonyl (C=O) groups is 2. The number of aryl methyl sites for hydroxylation is 1. The molecule has 3 aliphatic rings. The molecule has 1 aromatic rings. The Morgan fingerprint density at radius 3 is 2.00 bits per heavy atom. The standard InChI is InChI=1S/C27H38O2/c1-2-3-4-5-6-7-8-9-10-11-13-19-14-12-15-22-23(19)27(29)25-21-17-16-20(18-21)24(25)26(22)28/h12,14-15,20-21,24-25H,2-11,13,16-18H2,1H3. The molecule has 2 saturated carbocycles. The zero-order chi connectivity index (χ0) is 20.2. The minimum Gasteiger partial charge on any atom is -0.294 e. The molecule has 0 N–H and O–H groups in total. The lowest BCUT2D eigenvalue weighted by Crippen LogP contribution is -2.40. The van der Waals surface area contributed by atoms with E-state index in [-0.39, 0.29) is 17.6 Å². The van der Waals surface area contributed by atoms with Gasteiger partial charge in [0, 0.05) is 23.0 Å². The summed E-state index contributed by atoms with van der Waals surface area (Å²) < 4.78 is 0. The Bertz CT molecular complexity index is 734. The highest BCUT2D eigenvalue weighted by Gasteiger charge is 2.56. The van der Waals surface area contributed by atoms with E-state index < -0.39 is 0 Å². The Labute approximate surface area is 176 Å². The number of benzene rings is 1. The third-order valence-electron chi connectivity index (χ3n) is 7.98. The van der Waals surface area contributed by atoms with E-state index in [1.165, 1.54) is 57.8 Å². The minimum absolute atomic E-state index is 0.00123. The van der Waals surface area contributed by atoms with Crippen molar-refractivity contribution in [1.82, 2.24) is 0 Å². The predicted molar refractivity (Wildman–Crippen MR) is 118 cm³/mol. The number of unbranched alkanes of at least 4 members (excludes halogenated alkanes) is 9. The largest absolute Gasteiger partial charge is 0.294 e. The molecule has 3 aliphatic carbocycles. The molecule has 4 unspecified atom stereocenters. The second-order valence-electron chi connectivity index (χ2n) is 9.88. The maximum Gasteiger partial charge on any atom is 0.167 e. The molecule has 2 nitrogen and oxygen atoms in total. The second kappa shape index (κ2) is 9.58. The van der Waals surface area contributed by atoms with Crippen LogP contribution in [-0.4, -0.2) is 11.6 Å². The number of fused-ring (bicyclic) bond motifs is 6. The van der Waals surface area contributed by atoms with Gasteiger partial charge >= 0.3 is 0 Å². The summed E-state index contributed by atoms with van der Waals surface area (Å²) >= 11 is 0. The van der Waals surface area contributed by atoms with Crippen molar-refractivity contribution in [1.29, 1.82) is 0 Å². The Kier molecular flexibility index (Phi) is 6.88. The van der Waals surface area contributed by atoms with Crippen LogP contribution in [0.4, 0.5) is 0 Å². The summed E-state index contributed by atoms with van der Waals surface area (Å²) in [6.07, 6.45) is 17.6. The fraction of sp³-hybridized carbons (Fsp3) is 0.704. The lowest BCUT2D eigenvalue weighted by Gasteiger charge is -2.34. The first-order chi connectivity index (χ1) is 14.2. The minimum atomic E-state index is 0.00123. The van der Waals surface area contributed by atoms with Gasteiger partial charge in [0.1, 0.15) is 0 Å². The Balaban J connectivity index is 1.29. The zero-order valence-corrected chi connectivity index (χ0v) is 18.3. The molecule has 4 atom stereocenters. The Morgan fingerprint density at radius 2 is 1.34 bits per heavy atom. The SMILES string of the molecule is CCCCCCCCCCCCc1cccc2c1C(=O)C1C3CCC(C3)C1C2=O. The van der Waals surface area contributed by atoms with Crippen molar-refractivity contribution in [3.63, 3.8) is 0 Å². The molecule has 0 aliphatic heterocycles. The second-order valence-corrected chi connectivity index (χ2v) is 9.88. The summed E-state index contributed by atoms with van der Waals surface area (Å²) in [7, 11) is 0. The highest BCUT2D eigenvalue weighted by Crippen LogP contribution is 2.56. The van der Waals surface area contributed by atoms with E-state index in [0.29, 0.717) is 17.6 Å². The summed E-state index contributed by atoms with van der Waals surface area (Å²) in [6, 6.07) is 6.02. The van der Waals surface area contributed by atoms with Crippen LogP contribution in [-0.2, 0) is 6.42 Å². The molecule has 2 heteroatoms. The average molecular weight is 395 g/mol. The summed E-state index contributed by atoms with van der Waals surface area (Å²) in [5.41, 5.74) is 2.69. The van der Waals surface area contributed by atoms with E-state index in [4.69, 9.17) is 0 Å².